The van der Waals surface area contributed by atoms with E-state index in [1.165, 1.54) is 30.8 Å². The van der Waals surface area contributed by atoms with Crippen molar-refractivity contribution in [2.24, 2.45) is 0 Å². The minimum absolute atomic E-state index is 0.0848. The molecule has 0 unspecified atom stereocenters. The van der Waals surface area contributed by atoms with Crippen LogP contribution in [0.2, 0.25) is 0 Å². The summed E-state index contributed by atoms with van der Waals surface area (Å²) in [5, 5.41) is 5.05. The highest BCUT2D eigenvalue weighted by molar-refractivity contribution is 6.05. The number of pyridine rings is 1. The molecule has 0 saturated carbocycles. The van der Waals surface area contributed by atoms with Gasteiger partial charge in [0.2, 0.25) is 0 Å². The summed E-state index contributed by atoms with van der Waals surface area (Å²) in [6.07, 6.45) is 4.07. The summed E-state index contributed by atoms with van der Waals surface area (Å²) in [6.45, 7) is 0.192. The molecule has 2 aromatic heterocycles. The molecule has 3 rings (SSSR count). The summed E-state index contributed by atoms with van der Waals surface area (Å²) >= 11 is 0. The van der Waals surface area contributed by atoms with Gasteiger partial charge in [0.25, 0.3) is 11.8 Å². The minimum Gasteiger partial charge on any atom is -0.467 e. The number of hydrogen-bond donors (Lipinski definition) is 2. The fraction of sp³-hybridized carbons (Fsp3) is 0.0556. The molecule has 0 aliphatic rings. The fourth-order valence-corrected chi connectivity index (χ4v) is 2.15. The molecule has 1 aromatic carbocycles. The second kappa shape index (κ2) is 7.56. The van der Waals surface area contributed by atoms with Crippen LogP contribution in [0.4, 0.5) is 14.5 Å². The van der Waals surface area contributed by atoms with E-state index in [4.69, 9.17) is 4.42 Å². The molecule has 0 aliphatic heterocycles. The van der Waals surface area contributed by atoms with Gasteiger partial charge in [-0.3, -0.25) is 14.6 Å². The summed E-state index contributed by atoms with van der Waals surface area (Å²) in [5.41, 5.74) is 0.358. The zero-order valence-corrected chi connectivity index (χ0v) is 13.3. The minimum atomic E-state index is -1.08. The van der Waals surface area contributed by atoms with Crippen molar-refractivity contribution in [3.63, 3.8) is 0 Å². The summed E-state index contributed by atoms with van der Waals surface area (Å²) in [5.74, 6) is -2.55. The van der Waals surface area contributed by atoms with Crippen LogP contribution in [0.1, 0.15) is 26.5 Å². The Bertz CT molecular complexity index is 943. The Morgan fingerprint density at radius 1 is 1.00 bits per heavy atom. The van der Waals surface area contributed by atoms with Gasteiger partial charge < -0.3 is 15.1 Å². The van der Waals surface area contributed by atoms with E-state index in [2.05, 4.69) is 15.6 Å². The van der Waals surface area contributed by atoms with E-state index in [0.717, 1.165) is 12.1 Å². The SMILES string of the molecule is O=C(NCc1ccco1)c1cncc(C(=O)Nc2ccc(F)c(F)c2)c1. The number of carbonyl (C=O) groups excluding carboxylic acids is 2. The maximum atomic E-state index is 13.2. The molecule has 0 atom stereocenters. The lowest BCUT2D eigenvalue weighted by Crippen LogP contribution is -2.23. The Morgan fingerprint density at radius 3 is 2.46 bits per heavy atom. The molecule has 132 valence electrons. The number of hydrogen-bond acceptors (Lipinski definition) is 4. The van der Waals surface area contributed by atoms with Crippen molar-refractivity contribution in [3.05, 3.63) is 83.6 Å². The molecule has 26 heavy (non-hydrogen) atoms. The molecule has 0 saturated heterocycles. The highest BCUT2D eigenvalue weighted by Crippen LogP contribution is 2.14. The van der Waals surface area contributed by atoms with E-state index in [-0.39, 0.29) is 23.4 Å². The molecular weight excluding hydrogens is 344 g/mol. The molecule has 0 bridgehead atoms. The molecular formula is C18H13F2N3O3. The van der Waals surface area contributed by atoms with Crippen molar-refractivity contribution in [3.8, 4) is 0 Å². The molecule has 0 radical (unpaired) electrons. The standard InChI is InChI=1S/C18H13F2N3O3/c19-15-4-3-13(7-16(15)20)23-18(25)12-6-11(8-21-9-12)17(24)22-10-14-2-1-5-26-14/h1-9H,10H2,(H,22,24)(H,23,25). The van der Waals surface area contributed by atoms with E-state index in [1.807, 2.05) is 0 Å². The number of amides is 2. The van der Waals surface area contributed by atoms with Gasteiger partial charge in [-0.15, -0.1) is 0 Å². The van der Waals surface area contributed by atoms with Crippen LogP contribution in [-0.2, 0) is 6.54 Å². The van der Waals surface area contributed by atoms with Crippen molar-refractivity contribution in [1.29, 1.82) is 0 Å². The molecule has 2 N–H and O–H groups in total. The Hall–Kier alpha value is -3.55. The third-order valence-corrected chi connectivity index (χ3v) is 3.44. The molecule has 6 nitrogen and oxygen atoms in total. The number of benzene rings is 1. The average Bonchev–Trinajstić information content (AvgIpc) is 3.16. The van der Waals surface area contributed by atoms with Crippen LogP contribution in [0, 0.1) is 11.6 Å². The van der Waals surface area contributed by atoms with Crippen molar-refractivity contribution in [2.45, 2.75) is 6.54 Å². The van der Waals surface area contributed by atoms with E-state index >= 15 is 0 Å². The number of rotatable bonds is 5. The molecule has 8 heteroatoms. The van der Waals surface area contributed by atoms with E-state index in [0.29, 0.717) is 5.76 Å². The van der Waals surface area contributed by atoms with Crippen LogP contribution in [-0.4, -0.2) is 16.8 Å². The molecule has 0 fully saturated rings. The van der Waals surface area contributed by atoms with Gasteiger partial charge in [-0.25, -0.2) is 8.78 Å². The zero-order chi connectivity index (χ0) is 18.5. The van der Waals surface area contributed by atoms with Crippen molar-refractivity contribution < 1.29 is 22.8 Å². The second-order valence-corrected chi connectivity index (χ2v) is 5.31. The van der Waals surface area contributed by atoms with Crippen LogP contribution >= 0.6 is 0 Å². The first-order valence-corrected chi connectivity index (χ1v) is 7.55. The van der Waals surface area contributed by atoms with Crippen LogP contribution in [0.3, 0.4) is 0 Å². The summed E-state index contributed by atoms with van der Waals surface area (Å²) in [6, 6.07) is 7.75. The molecule has 2 amide bonds. The van der Waals surface area contributed by atoms with Crippen molar-refractivity contribution in [2.75, 3.05) is 5.32 Å². The number of anilines is 1. The monoisotopic (exact) mass is 357 g/mol. The third-order valence-electron chi connectivity index (χ3n) is 3.44. The van der Waals surface area contributed by atoms with Crippen molar-refractivity contribution >= 4 is 17.5 Å². The van der Waals surface area contributed by atoms with Crippen molar-refractivity contribution in [1.82, 2.24) is 10.3 Å². The summed E-state index contributed by atoms with van der Waals surface area (Å²) in [7, 11) is 0. The summed E-state index contributed by atoms with van der Waals surface area (Å²) < 4.78 is 31.2. The predicted molar refractivity (Wildman–Crippen MR) is 88.4 cm³/mol. The Kier molecular flexibility index (Phi) is 5.02. The molecule has 0 spiro atoms. The number of aromatic nitrogens is 1. The number of carbonyl (C=O) groups is 2. The average molecular weight is 357 g/mol. The lowest BCUT2D eigenvalue weighted by Gasteiger charge is -2.07. The second-order valence-electron chi connectivity index (χ2n) is 5.31. The van der Waals surface area contributed by atoms with Gasteiger partial charge in [-0.1, -0.05) is 0 Å². The van der Waals surface area contributed by atoms with Gasteiger partial charge in [0.1, 0.15) is 5.76 Å². The van der Waals surface area contributed by atoms with Gasteiger partial charge in [0.05, 0.1) is 23.9 Å². The van der Waals surface area contributed by atoms with Gasteiger partial charge in [0, 0.05) is 24.1 Å². The number of halogens is 2. The Balaban J connectivity index is 1.68. The first-order valence-electron chi connectivity index (χ1n) is 7.55. The van der Waals surface area contributed by atoms with E-state index < -0.39 is 23.4 Å². The Morgan fingerprint density at radius 2 is 1.77 bits per heavy atom. The number of furan rings is 1. The molecule has 3 aromatic rings. The van der Waals surface area contributed by atoms with Gasteiger partial charge in [-0.05, 0) is 30.3 Å². The zero-order valence-electron chi connectivity index (χ0n) is 13.3. The fourth-order valence-electron chi connectivity index (χ4n) is 2.15. The first-order chi connectivity index (χ1) is 12.5. The predicted octanol–water partition coefficient (Wildman–Crippen LogP) is 3.14. The lowest BCUT2D eigenvalue weighted by molar-refractivity contribution is 0.0947. The largest absolute Gasteiger partial charge is 0.467 e. The van der Waals surface area contributed by atoms with Gasteiger partial charge >= 0.3 is 0 Å². The first kappa shape index (κ1) is 17.3. The molecule has 2 heterocycles. The van der Waals surface area contributed by atoms with E-state index in [9.17, 15) is 18.4 Å². The highest BCUT2D eigenvalue weighted by atomic mass is 19.2. The smallest absolute Gasteiger partial charge is 0.257 e. The number of nitrogens with one attached hydrogen (secondary N) is 2. The Labute approximate surface area is 146 Å². The van der Waals surface area contributed by atoms with E-state index in [1.54, 1.807) is 12.1 Å². The van der Waals surface area contributed by atoms with Crippen LogP contribution < -0.4 is 10.6 Å². The van der Waals surface area contributed by atoms with Crippen LogP contribution in [0.5, 0.6) is 0 Å². The maximum absolute atomic E-state index is 13.2. The number of nitrogens with zero attached hydrogens (tertiary/aromatic N) is 1. The highest BCUT2D eigenvalue weighted by Gasteiger charge is 2.13. The molecule has 0 aliphatic carbocycles. The van der Waals surface area contributed by atoms with Gasteiger partial charge in [0.15, 0.2) is 11.6 Å². The third kappa shape index (κ3) is 4.10. The van der Waals surface area contributed by atoms with Crippen LogP contribution in [0.25, 0.3) is 0 Å². The topological polar surface area (TPSA) is 84.2 Å². The quantitative estimate of drug-likeness (QED) is 0.735. The normalized spacial score (nSPS) is 10.4. The van der Waals surface area contributed by atoms with Gasteiger partial charge in [-0.2, -0.15) is 0 Å². The van der Waals surface area contributed by atoms with Crippen LogP contribution in [0.15, 0.2) is 59.5 Å². The maximum Gasteiger partial charge on any atom is 0.257 e. The lowest BCUT2D eigenvalue weighted by atomic mass is 10.1. The summed E-state index contributed by atoms with van der Waals surface area (Å²) in [4.78, 5) is 28.2.